The molecular weight excluding hydrogens is 148 g/mol. The van der Waals surface area contributed by atoms with Crippen LogP contribution in [0.4, 0.5) is 0 Å². The Labute approximate surface area is 73.8 Å². The zero-order valence-corrected chi connectivity index (χ0v) is 7.89. The largest absolute Gasteiger partial charge is 0.294 e. The predicted molar refractivity (Wildman–Crippen MR) is 48.8 cm³/mol. The monoisotopic (exact) mass is 164 g/mol. The molecule has 0 heterocycles. The molecule has 66 valence electrons. The van der Waals surface area contributed by atoms with Crippen LogP contribution in [-0.4, -0.2) is 5.78 Å². The van der Waals surface area contributed by atoms with E-state index in [1.54, 1.807) is 0 Å². The molecule has 0 bridgehead atoms. The van der Waals surface area contributed by atoms with Gasteiger partial charge in [0.1, 0.15) is 0 Å². The smallest absolute Gasteiger partial charge is 0.161 e. The molecule has 0 spiro atoms. The van der Waals surface area contributed by atoms with Gasteiger partial charge in [0.2, 0.25) is 0 Å². The van der Waals surface area contributed by atoms with Crippen molar-refractivity contribution in [2.75, 3.05) is 0 Å². The fraction of sp³-hybridized carbons (Fsp3) is 0.727. The van der Waals surface area contributed by atoms with E-state index in [1.165, 1.54) is 24.8 Å². The van der Waals surface area contributed by atoms with E-state index in [0.29, 0.717) is 5.78 Å². The van der Waals surface area contributed by atoms with Gasteiger partial charge in [-0.25, -0.2) is 0 Å². The van der Waals surface area contributed by atoms with Crippen molar-refractivity contribution in [1.82, 2.24) is 0 Å². The van der Waals surface area contributed by atoms with Crippen LogP contribution in [0.2, 0.25) is 0 Å². The lowest BCUT2D eigenvalue weighted by Crippen LogP contribution is -2.29. The maximum Gasteiger partial charge on any atom is 0.161 e. The van der Waals surface area contributed by atoms with E-state index in [9.17, 15) is 4.79 Å². The van der Waals surface area contributed by atoms with Crippen LogP contribution in [0.25, 0.3) is 0 Å². The first-order chi connectivity index (χ1) is 5.59. The summed E-state index contributed by atoms with van der Waals surface area (Å²) in [6.07, 6.45) is 6.77. The zero-order chi connectivity index (χ0) is 8.77. The number of carbonyl (C=O) groups is 1. The molecule has 2 aliphatic rings. The molecular formula is C11H16O. The number of hydrogen-bond acceptors (Lipinski definition) is 1. The minimum Gasteiger partial charge on any atom is -0.294 e. The second-order valence-corrected chi connectivity index (χ2v) is 4.76. The molecule has 1 saturated carbocycles. The molecule has 0 saturated heterocycles. The quantitative estimate of drug-likeness (QED) is 0.538. The van der Waals surface area contributed by atoms with Gasteiger partial charge in [-0.05, 0) is 37.7 Å². The second-order valence-electron chi connectivity index (χ2n) is 4.76. The highest BCUT2D eigenvalue weighted by Crippen LogP contribution is 2.43. The van der Waals surface area contributed by atoms with Gasteiger partial charge in [-0.3, -0.25) is 4.79 Å². The number of fused-ring (bicyclic) bond motifs is 1. The molecule has 2 aliphatic carbocycles. The Balaban J connectivity index is 2.30. The van der Waals surface area contributed by atoms with E-state index in [0.717, 1.165) is 12.3 Å². The average molecular weight is 164 g/mol. The molecule has 1 unspecified atom stereocenters. The Hall–Kier alpha value is -0.590. The summed E-state index contributed by atoms with van der Waals surface area (Å²) < 4.78 is 0. The van der Waals surface area contributed by atoms with Crippen molar-refractivity contribution >= 4 is 5.78 Å². The van der Waals surface area contributed by atoms with Gasteiger partial charge < -0.3 is 0 Å². The lowest BCUT2D eigenvalue weighted by atomic mass is 9.73. The van der Waals surface area contributed by atoms with E-state index in [1.807, 2.05) is 6.08 Å². The van der Waals surface area contributed by atoms with Gasteiger partial charge in [-0.1, -0.05) is 19.4 Å². The average Bonchev–Trinajstić information content (AvgIpc) is 2.35. The summed E-state index contributed by atoms with van der Waals surface area (Å²) in [5, 5.41) is 0. The summed E-state index contributed by atoms with van der Waals surface area (Å²) in [6.45, 7) is 4.14. The normalized spacial score (nSPS) is 33.0. The summed E-state index contributed by atoms with van der Waals surface area (Å²) in [7, 11) is 0. The zero-order valence-electron chi connectivity index (χ0n) is 7.89. The first kappa shape index (κ1) is 8.03. The molecule has 1 nitrogen and oxygen atoms in total. The van der Waals surface area contributed by atoms with E-state index in [4.69, 9.17) is 0 Å². The molecule has 0 N–H and O–H groups in total. The summed E-state index contributed by atoms with van der Waals surface area (Å²) in [5.41, 5.74) is 1.35. The number of rotatable bonds is 0. The molecule has 1 atom stereocenters. The molecule has 0 aromatic rings. The van der Waals surface area contributed by atoms with Crippen molar-refractivity contribution in [3.63, 3.8) is 0 Å². The van der Waals surface area contributed by atoms with Crippen LogP contribution in [0.3, 0.4) is 0 Å². The predicted octanol–water partition coefficient (Wildman–Crippen LogP) is 2.71. The third-order valence-electron chi connectivity index (χ3n) is 3.28. The maximum absolute atomic E-state index is 11.6. The SMILES string of the molecule is CC1(C)CC2CCCC2=CC1=O. The molecule has 0 aromatic heterocycles. The van der Waals surface area contributed by atoms with Crippen LogP contribution in [-0.2, 0) is 4.79 Å². The van der Waals surface area contributed by atoms with Gasteiger partial charge >= 0.3 is 0 Å². The standard InChI is InChI=1S/C11H16O/c1-11(2)7-9-5-3-4-8(9)6-10(11)12/h6,9H,3-5,7H2,1-2H3. The lowest BCUT2D eigenvalue weighted by molar-refractivity contribution is -0.123. The third kappa shape index (κ3) is 1.12. The fourth-order valence-corrected chi connectivity index (χ4v) is 2.45. The molecule has 12 heavy (non-hydrogen) atoms. The topological polar surface area (TPSA) is 17.1 Å². The van der Waals surface area contributed by atoms with Gasteiger partial charge in [-0.15, -0.1) is 0 Å². The van der Waals surface area contributed by atoms with Crippen molar-refractivity contribution in [2.45, 2.75) is 39.5 Å². The Kier molecular flexibility index (Phi) is 1.64. The van der Waals surface area contributed by atoms with E-state index in [2.05, 4.69) is 13.8 Å². The van der Waals surface area contributed by atoms with Crippen LogP contribution < -0.4 is 0 Å². The molecule has 2 rings (SSSR count). The Morgan fingerprint density at radius 2 is 2.25 bits per heavy atom. The maximum atomic E-state index is 11.6. The number of ketones is 1. The van der Waals surface area contributed by atoms with Crippen molar-refractivity contribution in [2.24, 2.45) is 11.3 Å². The van der Waals surface area contributed by atoms with Crippen molar-refractivity contribution < 1.29 is 4.79 Å². The molecule has 0 amide bonds. The first-order valence-electron chi connectivity index (χ1n) is 4.84. The number of hydrogen-bond donors (Lipinski definition) is 0. The first-order valence-corrected chi connectivity index (χ1v) is 4.84. The van der Waals surface area contributed by atoms with Gasteiger partial charge in [0.25, 0.3) is 0 Å². The van der Waals surface area contributed by atoms with Gasteiger partial charge in [0, 0.05) is 5.41 Å². The molecule has 1 fully saturated rings. The minimum absolute atomic E-state index is 0.0848. The van der Waals surface area contributed by atoms with Crippen LogP contribution in [0.15, 0.2) is 11.6 Å². The van der Waals surface area contributed by atoms with Crippen LogP contribution >= 0.6 is 0 Å². The van der Waals surface area contributed by atoms with Crippen molar-refractivity contribution in [3.8, 4) is 0 Å². The second kappa shape index (κ2) is 2.45. The summed E-state index contributed by atoms with van der Waals surface area (Å²) in [4.78, 5) is 11.6. The summed E-state index contributed by atoms with van der Waals surface area (Å²) in [5.74, 6) is 1.08. The summed E-state index contributed by atoms with van der Waals surface area (Å²) in [6, 6.07) is 0. The van der Waals surface area contributed by atoms with E-state index >= 15 is 0 Å². The Bertz CT molecular complexity index is 248. The molecule has 1 heteroatoms. The Morgan fingerprint density at radius 3 is 3.00 bits per heavy atom. The summed E-state index contributed by atoms with van der Waals surface area (Å²) >= 11 is 0. The van der Waals surface area contributed by atoms with Gasteiger partial charge in [0.15, 0.2) is 5.78 Å². The third-order valence-corrected chi connectivity index (χ3v) is 3.28. The van der Waals surface area contributed by atoms with Crippen LogP contribution in [0.1, 0.15) is 39.5 Å². The number of carbonyl (C=O) groups excluding carboxylic acids is 1. The van der Waals surface area contributed by atoms with Crippen molar-refractivity contribution in [1.29, 1.82) is 0 Å². The molecule has 0 aliphatic heterocycles. The van der Waals surface area contributed by atoms with Crippen LogP contribution in [0.5, 0.6) is 0 Å². The van der Waals surface area contributed by atoms with Gasteiger partial charge in [0.05, 0.1) is 0 Å². The highest BCUT2D eigenvalue weighted by Gasteiger charge is 2.37. The van der Waals surface area contributed by atoms with E-state index in [-0.39, 0.29) is 5.41 Å². The fourth-order valence-electron chi connectivity index (χ4n) is 2.45. The van der Waals surface area contributed by atoms with Crippen LogP contribution in [0, 0.1) is 11.3 Å². The Morgan fingerprint density at radius 1 is 1.50 bits per heavy atom. The molecule has 0 radical (unpaired) electrons. The van der Waals surface area contributed by atoms with Crippen molar-refractivity contribution in [3.05, 3.63) is 11.6 Å². The highest BCUT2D eigenvalue weighted by molar-refractivity contribution is 5.96. The highest BCUT2D eigenvalue weighted by atomic mass is 16.1. The van der Waals surface area contributed by atoms with Gasteiger partial charge in [-0.2, -0.15) is 0 Å². The molecule has 0 aromatic carbocycles. The van der Waals surface area contributed by atoms with E-state index < -0.39 is 0 Å². The number of allylic oxidation sites excluding steroid dienone is 2. The lowest BCUT2D eigenvalue weighted by Gasteiger charge is -2.30. The minimum atomic E-state index is -0.0848.